The molecule has 1 aromatic heterocycles. The van der Waals surface area contributed by atoms with E-state index in [4.69, 9.17) is 0 Å². The van der Waals surface area contributed by atoms with Gasteiger partial charge >= 0.3 is 0 Å². The molecule has 6 nitrogen and oxygen atoms in total. The van der Waals surface area contributed by atoms with Crippen molar-refractivity contribution >= 4 is 11.6 Å². The highest BCUT2D eigenvalue weighted by Crippen LogP contribution is 2.19. The van der Waals surface area contributed by atoms with Crippen molar-refractivity contribution in [3.05, 3.63) is 41.7 Å². The number of hydrogen-bond acceptors (Lipinski definition) is 4. The van der Waals surface area contributed by atoms with Crippen LogP contribution in [0.3, 0.4) is 0 Å². The maximum absolute atomic E-state index is 12.4. The monoisotopic (exact) mass is 313 g/mol. The van der Waals surface area contributed by atoms with Crippen LogP contribution in [-0.2, 0) is 6.42 Å². The second kappa shape index (κ2) is 7.37. The molecule has 1 saturated heterocycles. The van der Waals surface area contributed by atoms with E-state index in [1.807, 2.05) is 28.9 Å². The molecule has 0 radical (unpaired) electrons. The molecule has 1 aromatic carbocycles. The fourth-order valence-corrected chi connectivity index (χ4v) is 2.95. The first kappa shape index (κ1) is 15.7. The quantitative estimate of drug-likeness (QED) is 0.889. The first-order chi connectivity index (χ1) is 11.3. The van der Waals surface area contributed by atoms with Crippen molar-refractivity contribution < 1.29 is 4.79 Å². The van der Waals surface area contributed by atoms with E-state index in [0.717, 1.165) is 50.0 Å². The molecule has 23 heavy (non-hydrogen) atoms. The largest absolute Gasteiger partial charge is 0.320 e. The SMILES string of the molecule is CCCc1ccccc1NC(=O)c1cn(C2CCNCC2)nn1. The van der Waals surface area contributed by atoms with Gasteiger partial charge in [0.25, 0.3) is 5.91 Å². The Kier molecular flexibility index (Phi) is 5.02. The van der Waals surface area contributed by atoms with Crippen molar-refractivity contribution in [3.63, 3.8) is 0 Å². The van der Waals surface area contributed by atoms with Gasteiger partial charge in [-0.3, -0.25) is 4.79 Å². The minimum atomic E-state index is -0.200. The highest BCUT2D eigenvalue weighted by molar-refractivity contribution is 6.03. The number of anilines is 1. The second-order valence-electron chi connectivity index (χ2n) is 5.93. The van der Waals surface area contributed by atoms with Crippen LogP contribution in [0.2, 0.25) is 0 Å². The molecule has 0 unspecified atom stereocenters. The van der Waals surface area contributed by atoms with Crippen LogP contribution in [0.15, 0.2) is 30.5 Å². The Morgan fingerprint density at radius 2 is 2.13 bits per heavy atom. The maximum Gasteiger partial charge on any atom is 0.277 e. The van der Waals surface area contributed by atoms with Gasteiger partial charge in [0.15, 0.2) is 5.69 Å². The van der Waals surface area contributed by atoms with Crippen LogP contribution in [0.5, 0.6) is 0 Å². The zero-order valence-corrected chi connectivity index (χ0v) is 13.5. The molecule has 0 atom stereocenters. The minimum Gasteiger partial charge on any atom is -0.320 e. The number of piperidine rings is 1. The molecule has 2 N–H and O–H groups in total. The first-order valence-corrected chi connectivity index (χ1v) is 8.29. The van der Waals surface area contributed by atoms with Crippen molar-refractivity contribution in [2.75, 3.05) is 18.4 Å². The van der Waals surface area contributed by atoms with Crippen LogP contribution < -0.4 is 10.6 Å². The molecule has 1 aliphatic heterocycles. The highest BCUT2D eigenvalue weighted by atomic mass is 16.2. The van der Waals surface area contributed by atoms with Crippen LogP contribution in [0.25, 0.3) is 0 Å². The van der Waals surface area contributed by atoms with Gasteiger partial charge in [0.2, 0.25) is 0 Å². The number of amides is 1. The van der Waals surface area contributed by atoms with Crippen molar-refractivity contribution in [3.8, 4) is 0 Å². The first-order valence-electron chi connectivity index (χ1n) is 8.29. The molecule has 1 amide bonds. The zero-order chi connectivity index (χ0) is 16.1. The average Bonchev–Trinajstić information content (AvgIpc) is 3.08. The topological polar surface area (TPSA) is 71.8 Å². The van der Waals surface area contributed by atoms with Crippen LogP contribution in [-0.4, -0.2) is 34.0 Å². The average molecular weight is 313 g/mol. The van der Waals surface area contributed by atoms with Gasteiger partial charge in [-0.2, -0.15) is 0 Å². The van der Waals surface area contributed by atoms with Crippen LogP contribution in [0.1, 0.15) is 48.3 Å². The van der Waals surface area contributed by atoms with E-state index in [0.29, 0.717) is 11.7 Å². The standard InChI is InChI=1S/C17H23N5O/c1-2-5-13-6-3-4-7-15(13)19-17(23)16-12-22(21-20-16)14-8-10-18-11-9-14/h3-4,6-7,12,14,18H,2,5,8-11H2,1H3,(H,19,23). The van der Waals surface area contributed by atoms with Gasteiger partial charge in [-0.15, -0.1) is 5.10 Å². The van der Waals surface area contributed by atoms with Crippen molar-refractivity contribution in [1.29, 1.82) is 0 Å². The van der Waals surface area contributed by atoms with Crippen molar-refractivity contribution in [2.24, 2.45) is 0 Å². The minimum absolute atomic E-state index is 0.200. The Labute approximate surface area is 136 Å². The number of carbonyl (C=O) groups excluding carboxylic acids is 1. The molecule has 2 heterocycles. The molecular weight excluding hydrogens is 290 g/mol. The number of nitrogens with one attached hydrogen (secondary N) is 2. The Hall–Kier alpha value is -2.21. The summed E-state index contributed by atoms with van der Waals surface area (Å²) in [5.41, 5.74) is 2.37. The molecule has 0 aliphatic carbocycles. The predicted molar refractivity (Wildman–Crippen MR) is 89.6 cm³/mol. The number of carbonyl (C=O) groups is 1. The third-order valence-electron chi connectivity index (χ3n) is 4.21. The summed E-state index contributed by atoms with van der Waals surface area (Å²) < 4.78 is 1.83. The van der Waals surface area contributed by atoms with Gasteiger partial charge in [0.05, 0.1) is 12.2 Å². The Morgan fingerprint density at radius 3 is 2.91 bits per heavy atom. The third kappa shape index (κ3) is 3.76. The predicted octanol–water partition coefficient (Wildman–Crippen LogP) is 2.41. The normalized spacial score (nSPS) is 15.5. The van der Waals surface area contributed by atoms with E-state index in [-0.39, 0.29) is 5.91 Å². The summed E-state index contributed by atoms with van der Waals surface area (Å²) in [6, 6.07) is 8.23. The zero-order valence-electron chi connectivity index (χ0n) is 13.5. The Balaban J connectivity index is 1.70. The number of rotatable bonds is 5. The lowest BCUT2D eigenvalue weighted by atomic mass is 10.1. The lowest BCUT2D eigenvalue weighted by Gasteiger charge is -2.22. The summed E-state index contributed by atoms with van der Waals surface area (Å²) in [6.45, 7) is 4.09. The summed E-state index contributed by atoms with van der Waals surface area (Å²) >= 11 is 0. The fourth-order valence-electron chi connectivity index (χ4n) is 2.95. The number of para-hydroxylation sites is 1. The molecule has 122 valence electrons. The molecule has 3 rings (SSSR count). The molecule has 6 heteroatoms. The van der Waals surface area contributed by atoms with Crippen LogP contribution >= 0.6 is 0 Å². The summed E-state index contributed by atoms with van der Waals surface area (Å²) in [4.78, 5) is 12.4. The second-order valence-corrected chi connectivity index (χ2v) is 5.93. The molecular formula is C17H23N5O. The number of hydrogen-bond donors (Lipinski definition) is 2. The summed E-state index contributed by atoms with van der Waals surface area (Å²) in [6.07, 6.45) is 5.78. The van der Waals surface area contributed by atoms with Gasteiger partial charge in [-0.25, -0.2) is 4.68 Å². The lowest BCUT2D eigenvalue weighted by Crippen LogP contribution is -2.29. The fraction of sp³-hybridized carbons (Fsp3) is 0.471. The summed E-state index contributed by atoms with van der Waals surface area (Å²) in [7, 11) is 0. The highest BCUT2D eigenvalue weighted by Gasteiger charge is 2.19. The number of aromatic nitrogens is 3. The van der Waals surface area contributed by atoms with Crippen LogP contribution in [0, 0.1) is 0 Å². The van der Waals surface area contributed by atoms with E-state index in [1.54, 1.807) is 6.20 Å². The van der Waals surface area contributed by atoms with E-state index >= 15 is 0 Å². The van der Waals surface area contributed by atoms with Gasteiger partial charge in [0.1, 0.15) is 0 Å². The van der Waals surface area contributed by atoms with Crippen LogP contribution in [0.4, 0.5) is 5.69 Å². The van der Waals surface area contributed by atoms with Crippen molar-refractivity contribution in [1.82, 2.24) is 20.3 Å². The molecule has 0 saturated carbocycles. The van der Waals surface area contributed by atoms with E-state index < -0.39 is 0 Å². The van der Waals surface area contributed by atoms with Crippen molar-refractivity contribution in [2.45, 2.75) is 38.6 Å². The molecule has 2 aromatic rings. The van der Waals surface area contributed by atoms with Gasteiger partial charge in [-0.1, -0.05) is 36.8 Å². The molecule has 0 spiro atoms. The smallest absolute Gasteiger partial charge is 0.277 e. The Morgan fingerprint density at radius 1 is 1.35 bits per heavy atom. The van der Waals surface area contributed by atoms with E-state index in [2.05, 4.69) is 27.9 Å². The van der Waals surface area contributed by atoms with Gasteiger partial charge < -0.3 is 10.6 Å². The number of benzene rings is 1. The van der Waals surface area contributed by atoms with Gasteiger partial charge in [-0.05, 0) is 44.0 Å². The van der Waals surface area contributed by atoms with E-state index in [1.165, 1.54) is 0 Å². The summed E-state index contributed by atoms with van der Waals surface area (Å²) in [5.74, 6) is -0.200. The maximum atomic E-state index is 12.4. The Bertz CT molecular complexity index is 661. The molecule has 1 fully saturated rings. The lowest BCUT2D eigenvalue weighted by molar-refractivity contribution is 0.102. The third-order valence-corrected chi connectivity index (χ3v) is 4.21. The molecule has 1 aliphatic rings. The number of aryl methyl sites for hydroxylation is 1. The molecule has 0 bridgehead atoms. The van der Waals surface area contributed by atoms with E-state index in [9.17, 15) is 4.79 Å². The van der Waals surface area contributed by atoms with Gasteiger partial charge in [0, 0.05) is 5.69 Å². The summed E-state index contributed by atoms with van der Waals surface area (Å²) in [5, 5.41) is 14.5. The number of nitrogens with zero attached hydrogens (tertiary/aromatic N) is 3.